The number of carboxylic acids is 1. The van der Waals surface area contributed by atoms with E-state index in [4.69, 9.17) is 45.6 Å². The summed E-state index contributed by atoms with van der Waals surface area (Å²) >= 11 is 18.2. The van der Waals surface area contributed by atoms with Crippen molar-refractivity contribution in [3.05, 3.63) is 299 Å². The van der Waals surface area contributed by atoms with Crippen molar-refractivity contribution in [1.29, 1.82) is 0 Å². The molecule has 22 nitrogen and oxygen atoms in total. The van der Waals surface area contributed by atoms with Gasteiger partial charge >= 0.3 is 5.97 Å². The van der Waals surface area contributed by atoms with E-state index in [1.807, 2.05) is 81.7 Å². The minimum absolute atomic E-state index is 0. The molecule has 2 amide bonds. The molecule has 0 radical (unpaired) electrons. The summed E-state index contributed by atoms with van der Waals surface area (Å²) in [5.41, 5.74) is 21.4. The number of rotatable bonds is 17. The Morgan fingerprint density at radius 2 is 0.718 bits per heavy atom. The Balaban J connectivity index is 0.000000153. The van der Waals surface area contributed by atoms with Gasteiger partial charge in [0.05, 0.1) is 54.0 Å². The van der Waals surface area contributed by atoms with Gasteiger partial charge in [0, 0.05) is 190 Å². The Morgan fingerprint density at radius 1 is 0.409 bits per heavy atom. The summed E-state index contributed by atoms with van der Waals surface area (Å²) in [6.07, 6.45) is 22.0. The molecule has 11 N–H and O–H groups in total. The van der Waals surface area contributed by atoms with Crippen LogP contribution in [0.15, 0.2) is 184 Å². The number of benzene rings is 3. The highest BCUT2D eigenvalue weighted by Crippen LogP contribution is 2.34. The van der Waals surface area contributed by atoms with Crippen LogP contribution in [-0.2, 0) is 55.7 Å². The predicted molar refractivity (Wildman–Crippen MR) is 434 cm³/mol. The van der Waals surface area contributed by atoms with Gasteiger partial charge in [-0.15, -0.1) is 0 Å². The number of aromatic nitrogens is 12. The van der Waals surface area contributed by atoms with Crippen molar-refractivity contribution in [2.45, 2.75) is 125 Å². The number of carboxylic acid groups (broad SMARTS) is 1. The van der Waals surface area contributed by atoms with E-state index in [-0.39, 0.29) is 24.8 Å². The van der Waals surface area contributed by atoms with Crippen LogP contribution in [0.5, 0.6) is 0 Å². The number of pyridine rings is 9. The van der Waals surface area contributed by atoms with Crippen LogP contribution in [-0.4, -0.2) is 98.0 Å². The molecule has 0 bridgehead atoms. The summed E-state index contributed by atoms with van der Waals surface area (Å²) in [5.74, 6) is -1.37. The topological polar surface area (TPSA) is 346 Å². The van der Waals surface area contributed by atoms with Crippen molar-refractivity contribution in [1.82, 2.24) is 70.4 Å². The Kier molecular flexibility index (Phi) is 24.3. The van der Waals surface area contributed by atoms with Crippen LogP contribution in [0.1, 0.15) is 164 Å². The number of fused-ring (bicyclic) bond motifs is 6. The van der Waals surface area contributed by atoms with Gasteiger partial charge in [-0.05, 0) is 203 Å². The Bertz CT molecular complexity index is 5700. The van der Waals surface area contributed by atoms with E-state index < -0.39 is 22.8 Å². The lowest BCUT2D eigenvalue weighted by molar-refractivity contribution is 0.0694. The molecule has 0 atom stereocenters. The first-order chi connectivity index (χ1) is 51.9. The summed E-state index contributed by atoms with van der Waals surface area (Å²) in [4.78, 5) is 85.5. The molecule has 15 aromatic rings. The van der Waals surface area contributed by atoms with E-state index in [1.54, 1.807) is 128 Å². The van der Waals surface area contributed by atoms with Gasteiger partial charge in [0.25, 0.3) is 11.8 Å². The van der Waals surface area contributed by atoms with E-state index in [0.29, 0.717) is 82.1 Å². The van der Waals surface area contributed by atoms with Gasteiger partial charge in [-0.25, -0.2) is 19.7 Å². The van der Waals surface area contributed by atoms with Gasteiger partial charge in [0.1, 0.15) is 16.9 Å². The number of aryl methyl sites for hydroxylation is 3. The first-order valence-electron chi connectivity index (χ1n) is 34.9. The summed E-state index contributed by atoms with van der Waals surface area (Å²) in [5, 5.41) is 54.4. The average molecular weight is 1530 g/mol. The standard InChI is InChI=1S/2C28H26ClN5O2.C20H20N2O3.C8H8ClN3.CH4/c2*1-16-6-20-7-17(10-23(28(2,3)36)25(20)31-12-16)8-21-11-19(4-5-30-21)27(35)34-14-18-9-22-24(29)15-33-26(22)32-13-18;1-12-6-15-7-13(8-16-10-14(19(23)24)4-5-21-16)9-17(20(2,3)25)18(15)22-11-12;9-7-4-12-8-6(7)1-5(2-10)3-11-8;/h2*4-7,9-13,15,36H,8,14H2,1-3H3,(H,32,33)(H,34,35);4-7,9-11,25H,8H2,1-3H3,(H,23,24);1,3-4H,2,10H2,(H,11,12);1H4. The number of carbonyl (C=O) groups is 3. The number of halogens is 3. The second-order valence-corrected chi connectivity index (χ2v) is 29.7. The predicted octanol–water partition coefficient (Wildman–Crippen LogP) is 16.2. The molecule has 0 saturated heterocycles. The fourth-order valence-corrected chi connectivity index (χ4v) is 13.3. The third-order valence-corrected chi connectivity index (χ3v) is 19.0. The molecule has 25 heteroatoms. The van der Waals surface area contributed by atoms with Crippen LogP contribution in [0.4, 0.5) is 0 Å². The molecule has 0 fully saturated rings. The smallest absolute Gasteiger partial charge is 0.335 e. The first kappa shape index (κ1) is 79.6. The minimum Gasteiger partial charge on any atom is -0.478 e. The molecule has 0 aliphatic heterocycles. The normalized spacial score (nSPS) is 11.6. The maximum Gasteiger partial charge on any atom is 0.335 e. The molecule has 12 heterocycles. The van der Waals surface area contributed by atoms with Crippen molar-refractivity contribution < 1.29 is 34.8 Å². The molecular formula is C85H84Cl3N15O7. The van der Waals surface area contributed by atoms with Crippen molar-refractivity contribution in [3.8, 4) is 0 Å². The Hall–Kier alpha value is -11.5. The third-order valence-electron chi connectivity index (χ3n) is 18.0. The molecular weight excluding hydrogens is 1450 g/mol. The number of H-pyrrole nitrogens is 3. The van der Waals surface area contributed by atoms with E-state index in [1.165, 1.54) is 12.3 Å². The molecule has 3 aromatic carbocycles. The maximum absolute atomic E-state index is 12.9. The SMILES string of the molecule is C.Cc1cnc2c(C(C)(C)O)cc(Cc3cc(C(=O)NCc4cnc5[nH]cc(Cl)c5c4)ccn3)cc2c1.Cc1cnc2c(C(C)(C)O)cc(Cc3cc(C(=O)NCc4cnc5[nH]cc(Cl)c5c4)ccn3)cc2c1.Cc1cnc2c(C(C)(C)O)cc(Cc3cc(C(=O)O)ccn3)cc2c1.NCc1cnc2[nH]cc(Cl)c2c1. The highest BCUT2D eigenvalue weighted by Gasteiger charge is 2.25. The highest BCUT2D eigenvalue weighted by molar-refractivity contribution is 6.36. The lowest BCUT2D eigenvalue weighted by Crippen LogP contribution is -2.23. The minimum atomic E-state index is -1.05. The summed E-state index contributed by atoms with van der Waals surface area (Å²) < 4.78 is 0. The largest absolute Gasteiger partial charge is 0.478 e. The molecule has 562 valence electrons. The van der Waals surface area contributed by atoms with Crippen molar-refractivity contribution in [2.24, 2.45) is 5.73 Å². The molecule has 0 aliphatic carbocycles. The summed E-state index contributed by atoms with van der Waals surface area (Å²) in [6.45, 7) is 17.6. The Labute approximate surface area is 650 Å². The van der Waals surface area contributed by atoms with Gasteiger partial charge < -0.3 is 51.7 Å². The van der Waals surface area contributed by atoms with E-state index >= 15 is 0 Å². The fourth-order valence-electron chi connectivity index (χ4n) is 12.7. The van der Waals surface area contributed by atoms with Crippen molar-refractivity contribution in [2.75, 3.05) is 0 Å². The monoisotopic (exact) mass is 1530 g/mol. The van der Waals surface area contributed by atoms with Crippen LogP contribution >= 0.6 is 34.8 Å². The van der Waals surface area contributed by atoms with Gasteiger partial charge in [-0.2, -0.15) is 0 Å². The number of carbonyl (C=O) groups excluding carboxylic acids is 2. The van der Waals surface area contributed by atoms with Crippen molar-refractivity contribution in [3.63, 3.8) is 0 Å². The number of nitrogens with two attached hydrogens (primary N) is 1. The molecule has 110 heavy (non-hydrogen) atoms. The lowest BCUT2D eigenvalue weighted by atomic mass is 9.91. The maximum atomic E-state index is 12.9. The van der Waals surface area contributed by atoms with Gasteiger partial charge in [0.15, 0.2) is 0 Å². The number of amides is 2. The molecule has 0 unspecified atom stereocenters. The van der Waals surface area contributed by atoms with E-state index in [2.05, 4.69) is 94.7 Å². The second kappa shape index (κ2) is 33.6. The first-order valence-corrected chi connectivity index (χ1v) is 36.1. The van der Waals surface area contributed by atoms with Crippen molar-refractivity contribution >= 4 is 118 Å². The van der Waals surface area contributed by atoms with E-state index in [9.17, 15) is 29.7 Å². The van der Waals surface area contributed by atoms with Crippen LogP contribution in [0.25, 0.3) is 65.8 Å². The van der Waals surface area contributed by atoms with E-state index in [0.717, 1.165) is 133 Å². The van der Waals surface area contributed by atoms with Gasteiger partial charge in [-0.1, -0.05) is 60.4 Å². The number of hydrogen-bond acceptors (Lipinski definition) is 16. The highest BCUT2D eigenvalue weighted by atomic mass is 35.5. The molecule has 12 aromatic heterocycles. The summed E-state index contributed by atoms with van der Waals surface area (Å²) in [6, 6.07) is 33.9. The zero-order valence-electron chi connectivity index (χ0n) is 61.3. The molecule has 0 spiro atoms. The average Bonchev–Trinajstić information content (AvgIpc) is 1.02. The molecule has 0 aliphatic rings. The number of nitrogens with one attached hydrogen (secondary N) is 5. The number of aliphatic hydroxyl groups is 3. The number of nitrogens with zero attached hydrogens (tertiary/aromatic N) is 9. The van der Waals surface area contributed by atoms with Crippen LogP contribution in [0.2, 0.25) is 15.1 Å². The number of aromatic amines is 3. The molecule has 15 rings (SSSR count). The summed E-state index contributed by atoms with van der Waals surface area (Å²) in [7, 11) is 0. The second-order valence-electron chi connectivity index (χ2n) is 28.5. The van der Waals surface area contributed by atoms with Crippen LogP contribution in [0, 0.1) is 20.8 Å². The van der Waals surface area contributed by atoms with Gasteiger partial charge in [-0.3, -0.25) is 39.5 Å². The molecule has 0 saturated carbocycles. The van der Waals surface area contributed by atoms with Crippen LogP contribution < -0.4 is 16.4 Å². The lowest BCUT2D eigenvalue weighted by Gasteiger charge is -2.21. The zero-order valence-corrected chi connectivity index (χ0v) is 63.6. The zero-order chi connectivity index (χ0) is 77.6. The Morgan fingerprint density at radius 3 is 1.04 bits per heavy atom. The number of aromatic carboxylic acids is 1. The van der Waals surface area contributed by atoms with Crippen LogP contribution in [0.3, 0.4) is 0 Å². The third kappa shape index (κ3) is 19.3. The number of hydrogen-bond donors (Lipinski definition) is 10. The quantitative estimate of drug-likeness (QED) is 0.0405. The van der Waals surface area contributed by atoms with Gasteiger partial charge in [0.2, 0.25) is 0 Å². The fraction of sp³-hybridized carbons (Fsp3) is 0.224.